The van der Waals surface area contributed by atoms with Gasteiger partial charge in [-0.1, -0.05) is 24.3 Å². The molecule has 1 heterocycles. The van der Waals surface area contributed by atoms with Crippen LogP contribution in [0.25, 0.3) is 0 Å². The smallest absolute Gasteiger partial charge is 0.251 e. The summed E-state index contributed by atoms with van der Waals surface area (Å²) in [7, 11) is -3.32. The van der Waals surface area contributed by atoms with Gasteiger partial charge in [-0.15, -0.1) is 0 Å². The first-order valence-corrected chi connectivity index (χ1v) is 11.3. The Labute approximate surface area is 167 Å². The Morgan fingerprint density at radius 2 is 1.57 bits per heavy atom. The summed E-state index contributed by atoms with van der Waals surface area (Å²) in [6.45, 7) is 5.36. The number of sulfonamides is 1. The highest BCUT2D eigenvalue weighted by Gasteiger charge is 2.12. The van der Waals surface area contributed by atoms with E-state index in [1.54, 1.807) is 31.2 Å². The van der Waals surface area contributed by atoms with E-state index in [4.69, 9.17) is 0 Å². The van der Waals surface area contributed by atoms with Crippen molar-refractivity contribution in [3.63, 3.8) is 0 Å². The van der Waals surface area contributed by atoms with Crippen molar-refractivity contribution in [3.8, 4) is 0 Å². The van der Waals surface area contributed by atoms with Crippen molar-refractivity contribution >= 4 is 21.6 Å². The molecule has 7 heteroatoms. The van der Waals surface area contributed by atoms with Gasteiger partial charge in [0.25, 0.3) is 5.91 Å². The maximum absolute atomic E-state index is 12.3. The van der Waals surface area contributed by atoms with E-state index in [0.717, 1.165) is 12.1 Å². The minimum absolute atomic E-state index is 0.00601. The fourth-order valence-electron chi connectivity index (χ4n) is 3.19. The van der Waals surface area contributed by atoms with Gasteiger partial charge in [0.1, 0.15) is 0 Å². The number of amides is 1. The van der Waals surface area contributed by atoms with Gasteiger partial charge in [-0.3, -0.25) is 14.4 Å². The summed E-state index contributed by atoms with van der Waals surface area (Å²) in [6, 6.07) is 14.8. The molecule has 0 aromatic heterocycles. The number of nitrogens with zero attached hydrogens (tertiary/aromatic N) is 1. The summed E-state index contributed by atoms with van der Waals surface area (Å²) in [4.78, 5) is 14.8. The largest absolute Gasteiger partial charge is 0.348 e. The van der Waals surface area contributed by atoms with Gasteiger partial charge in [0.15, 0.2) is 0 Å². The number of anilines is 1. The van der Waals surface area contributed by atoms with Gasteiger partial charge in [-0.05, 0) is 68.2 Å². The molecular weight excluding hydrogens is 374 g/mol. The van der Waals surface area contributed by atoms with E-state index in [1.165, 1.54) is 31.5 Å². The van der Waals surface area contributed by atoms with E-state index >= 15 is 0 Å². The van der Waals surface area contributed by atoms with Crippen LogP contribution in [0.2, 0.25) is 0 Å². The summed E-state index contributed by atoms with van der Waals surface area (Å²) >= 11 is 0. The van der Waals surface area contributed by atoms with Crippen molar-refractivity contribution in [3.05, 3.63) is 65.2 Å². The molecule has 0 atom stereocenters. The summed E-state index contributed by atoms with van der Waals surface area (Å²) in [5.74, 6) is -0.183. The van der Waals surface area contributed by atoms with Gasteiger partial charge < -0.3 is 5.32 Å². The van der Waals surface area contributed by atoms with Crippen LogP contribution in [-0.2, 0) is 23.1 Å². The molecule has 0 spiro atoms. The van der Waals surface area contributed by atoms with Crippen LogP contribution in [0.15, 0.2) is 48.5 Å². The van der Waals surface area contributed by atoms with Crippen LogP contribution in [0.1, 0.15) is 41.3 Å². The molecule has 0 unspecified atom stereocenters. The average Bonchev–Trinajstić information content (AvgIpc) is 3.20. The molecule has 2 N–H and O–H groups in total. The van der Waals surface area contributed by atoms with Gasteiger partial charge in [0.05, 0.1) is 5.75 Å². The van der Waals surface area contributed by atoms with Crippen molar-refractivity contribution in [1.82, 2.24) is 10.2 Å². The topological polar surface area (TPSA) is 78.5 Å². The van der Waals surface area contributed by atoms with E-state index < -0.39 is 10.0 Å². The molecule has 0 aliphatic carbocycles. The number of hydrogen-bond acceptors (Lipinski definition) is 4. The van der Waals surface area contributed by atoms with Gasteiger partial charge >= 0.3 is 0 Å². The monoisotopic (exact) mass is 401 g/mol. The van der Waals surface area contributed by atoms with Gasteiger partial charge in [-0.25, -0.2) is 8.42 Å². The second-order valence-corrected chi connectivity index (χ2v) is 9.08. The zero-order valence-electron chi connectivity index (χ0n) is 16.1. The van der Waals surface area contributed by atoms with E-state index in [9.17, 15) is 13.2 Å². The Morgan fingerprint density at radius 3 is 2.18 bits per heavy atom. The van der Waals surface area contributed by atoms with E-state index in [-0.39, 0.29) is 11.7 Å². The summed E-state index contributed by atoms with van der Waals surface area (Å²) in [5, 5.41) is 2.90. The van der Waals surface area contributed by atoms with Gasteiger partial charge in [0, 0.05) is 24.3 Å². The molecule has 28 heavy (non-hydrogen) atoms. The van der Waals surface area contributed by atoms with Crippen LogP contribution >= 0.6 is 0 Å². The molecule has 3 rings (SSSR count). The van der Waals surface area contributed by atoms with Crippen molar-refractivity contribution in [2.45, 2.75) is 32.9 Å². The van der Waals surface area contributed by atoms with Crippen molar-refractivity contribution in [2.24, 2.45) is 0 Å². The second-order valence-electron chi connectivity index (χ2n) is 7.07. The number of carbonyl (C=O) groups excluding carboxylic acids is 1. The number of hydrogen-bond donors (Lipinski definition) is 2. The molecular formula is C21H27N3O3S. The molecule has 0 radical (unpaired) electrons. The molecule has 0 bridgehead atoms. The maximum Gasteiger partial charge on any atom is 0.251 e. The average molecular weight is 402 g/mol. The molecule has 1 saturated heterocycles. The number of rotatable bonds is 8. The third-order valence-corrected chi connectivity index (χ3v) is 6.19. The Hall–Kier alpha value is -2.38. The van der Waals surface area contributed by atoms with Crippen molar-refractivity contribution < 1.29 is 13.2 Å². The lowest BCUT2D eigenvalue weighted by atomic mass is 10.1. The highest BCUT2D eigenvalue weighted by molar-refractivity contribution is 7.92. The molecule has 150 valence electrons. The lowest BCUT2D eigenvalue weighted by Crippen LogP contribution is -2.23. The molecule has 2 aromatic rings. The fourth-order valence-corrected chi connectivity index (χ4v) is 3.83. The standard InChI is InChI=1S/C21H27N3O3S/c1-2-28(26,27)23-20-11-9-19(10-12-20)21(25)22-15-17-5-7-18(8-6-17)16-24-13-3-4-14-24/h5-12,23H,2-4,13-16H2,1H3,(H,22,25). The Balaban J connectivity index is 1.50. The highest BCUT2D eigenvalue weighted by atomic mass is 32.2. The Morgan fingerprint density at radius 1 is 0.964 bits per heavy atom. The van der Waals surface area contributed by atoms with Crippen LogP contribution in [-0.4, -0.2) is 38.1 Å². The van der Waals surface area contributed by atoms with E-state index in [0.29, 0.717) is 17.8 Å². The van der Waals surface area contributed by atoms with E-state index in [1.807, 2.05) is 12.1 Å². The quantitative estimate of drug-likeness (QED) is 0.713. The normalized spacial score (nSPS) is 14.8. The van der Waals surface area contributed by atoms with Crippen LogP contribution in [0.3, 0.4) is 0 Å². The lowest BCUT2D eigenvalue weighted by Gasteiger charge is -2.14. The molecule has 2 aromatic carbocycles. The zero-order chi connectivity index (χ0) is 20.0. The maximum atomic E-state index is 12.3. The number of carbonyl (C=O) groups is 1. The van der Waals surface area contributed by atoms with Crippen molar-refractivity contribution in [1.29, 1.82) is 0 Å². The van der Waals surface area contributed by atoms with Crippen LogP contribution < -0.4 is 10.0 Å². The first kappa shape index (κ1) is 20.4. The summed E-state index contributed by atoms with van der Waals surface area (Å²) in [6.07, 6.45) is 2.57. The second kappa shape index (κ2) is 9.21. The molecule has 6 nitrogen and oxygen atoms in total. The van der Waals surface area contributed by atoms with Gasteiger partial charge in [-0.2, -0.15) is 0 Å². The predicted octanol–water partition coefficient (Wildman–Crippen LogP) is 2.97. The Bertz CT molecular complexity index is 887. The minimum atomic E-state index is -3.32. The van der Waals surface area contributed by atoms with Crippen LogP contribution in [0.4, 0.5) is 5.69 Å². The first-order chi connectivity index (χ1) is 13.4. The molecule has 1 aliphatic heterocycles. The molecule has 0 saturated carbocycles. The SMILES string of the molecule is CCS(=O)(=O)Nc1ccc(C(=O)NCc2ccc(CN3CCCC3)cc2)cc1. The number of nitrogens with one attached hydrogen (secondary N) is 2. The lowest BCUT2D eigenvalue weighted by molar-refractivity contribution is 0.0951. The minimum Gasteiger partial charge on any atom is -0.348 e. The first-order valence-electron chi connectivity index (χ1n) is 9.64. The van der Waals surface area contributed by atoms with Crippen molar-refractivity contribution in [2.75, 3.05) is 23.6 Å². The molecule has 1 fully saturated rings. The third kappa shape index (κ3) is 5.81. The van der Waals surface area contributed by atoms with Crippen LogP contribution in [0, 0.1) is 0 Å². The fraction of sp³-hybridized carbons (Fsp3) is 0.381. The Kier molecular flexibility index (Phi) is 6.70. The molecule has 1 amide bonds. The third-order valence-electron chi connectivity index (χ3n) is 4.88. The predicted molar refractivity (Wildman–Crippen MR) is 112 cm³/mol. The van der Waals surface area contributed by atoms with E-state index in [2.05, 4.69) is 27.1 Å². The highest BCUT2D eigenvalue weighted by Crippen LogP contribution is 2.14. The number of likely N-dealkylation sites (tertiary alicyclic amines) is 1. The zero-order valence-corrected chi connectivity index (χ0v) is 17.0. The number of benzene rings is 2. The summed E-state index contributed by atoms with van der Waals surface area (Å²) < 4.78 is 25.6. The van der Waals surface area contributed by atoms with Crippen LogP contribution in [0.5, 0.6) is 0 Å². The molecule has 1 aliphatic rings. The van der Waals surface area contributed by atoms with Gasteiger partial charge in [0.2, 0.25) is 10.0 Å². The summed E-state index contributed by atoms with van der Waals surface area (Å²) in [5.41, 5.74) is 3.28.